The minimum absolute atomic E-state index is 0.179. The maximum absolute atomic E-state index is 12.8. The Morgan fingerprint density at radius 1 is 1.10 bits per heavy atom. The highest BCUT2D eigenvalue weighted by molar-refractivity contribution is 9.10. The molecule has 0 atom stereocenters. The second kappa shape index (κ2) is 7.63. The molecule has 2 aromatic carbocycles. The zero-order chi connectivity index (χ0) is 20.5. The Bertz CT molecular complexity index is 1250. The van der Waals surface area contributed by atoms with Crippen LogP contribution in [0, 0.1) is 13.8 Å². The van der Waals surface area contributed by atoms with Gasteiger partial charge in [-0.25, -0.2) is 9.20 Å². The molecule has 0 bridgehead atoms. The van der Waals surface area contributed by atoms with E-state index in [-0.39, 0.29) is 18.0 Å². The number of aryl methyl sites for hydroxylation is 2. The molecule has 2 heterocycles. The third kappa shape index (κ3) is 3.84. The molecule has 1 amide bonds. The molecular formula is C21H18BrN5O2. The first-order valence-corrected chi connectivity index (χ1v) is 9.79. The number of nitrogens with zero attached hydrogens (tertiary/aromatic N) is 4. The van der Waals surface area contributed by atoms with Gasteiger partial charge < -0.3 is 5.32 Å². The summed E-state index contributed by atoms with van der Waals surface area (Å²) in [5.41, 5.74) is 4.21. The van der Waals surface area contributed by atoms with Gasteiger partial charge in [0.05, 0.1) is 5.69 Å². The summed E-state index contributed by atoms with van der Waals surface area (Å²) >= 11 is 3.40. The summed E-state index contributed by atoms with van der Waals surface area (Å²) in [7, 11) is 0. The summed E-state index contributed by atoms with van der Waals surface area (Å²) in [6, 6.07) is 15.1. The first-order chi connectivity index (χ1) is 13.9. The van der Waals surface area contributed by atoms with Gasteiger partial charge in [-0.2, -0.15) is 10.2 Å². The lowest BCUT2D eigenvalue weighted by Crippen LogP contribution is -2.30. The normalized spacial score (nSPS) is 11.0. The van der Waals surface area contributed by atoms with Crippen molar-refractivity contribution in [3.8, 4) is 11.3 Å². The second-order valence-corrected chi connectivity index (χ2v) is 7.69. The van der Waals surface area contributed by atoms with Crippen LogP contribution in [-0.2, 0) is 11.3 Å². The minimum atomic E-state index is -0.375. The summed E-state index contributed by atoms with van der Waals surface area (Å²) in [5.74, 6) is -0.311. The van der Waals surface area contributed by atoms with Crippen molar-refractivity contribution in [1.29, 1.82) is 0 Å². The molecule has 7 nitrogen and oxygen atoms in total. The van der Waals surface area contributed by atoms with Gasteiger partial charge >= 0.3 is 0 Å². The highest BCUT2D eigenvalue weighted by Gasteiger charge is 2.13. The van der Waals surface area contributed by atoms with Crippen LogP contribution in [0.1, 0.15) is 11.1 Å². The van der Waals surface area contributed by atoms with E-state index in [0.717, 1.165) is 31.5 Å². The van der Waals surface area contributed by atoms with Crippen LogP contribution in [0.3, 0.4) is 0 Å². The molecule has 29 heavy (non-hydrogen) atoms. The predicted octanol–water partition coefficient (Wildman–Crippen LogP) is 3.58. The van der Waals surface area contributed by atoms with Gasteiger partial charge in [-0.1, -0.05) is 46.3 Å². The van der Waals surface area contributed by atoms with Crippen LogP contribution in [-0.4, -0.2) is 25.3 Å². The van der Waals surface area contributed by atoms with Gasteiger partial charge in [-0.15, -0.1) is 0 Å². The number of benzene rings is 2. The average Bonchev–Trinajstić information content (AvgIpc) is 3.13. The number of nitrogens with one attached hydrogen (secondary N) is 1. The van der Waals surface area contributed by atoms with E-state index in [0.29, 0.717) is 11.2 Å². The van der Waals surface area contributed by atoms with Crippen LogP contribution in [0.5, 0.6) is 0 Å². The van der Waals surface area contributed by atoms with Gasteiger partial charge in [0, 0.05) is 15.7 Å². The quantitative estimate of drug-likeness (QED) is 0.514. The summed E-state index contributed by atoms with van der Waals surface area (Å²) in [6.07, 6.45) is 1.44. The van der Waals surface area contributed by atoms with Crippen molar-refractivity contribution in [3.63, 3.8) is 0 Å². The number of halogens is 1. The van der Waals surface area contributed by atoms with Crippen molar-refractivity contribution in [2.45, 2.75) is 20.4 Å². The number of hydrogen-bond donors (Lipinski definition) is 1. The van der Waals surface area contributed by atoms with E-state index in [1.54, 1.807) is 6.07 Å². The first kappa shape index (κ1) is 19.1. The van der Waals surface area contributed by atoms with E-state index in [2.05, 4.69) is 31.4 Å². The fourth-order valence-electron chi connectivity index (χ4n) is 3.14. The zero-order valence-corrected chi connectivity index (χ0v) is 17.5. The van der Waals surface area contributed by atoms with Crippen LogP contribution >= 0.6 is 15.9 Å². The molecule has 146 valence electrons. The molecule has 0 radical (unpaired) electrons. The van der Waals surface area contributed by atoms with E-state index in [4.69, 9.17) is 0 Å². The Kier molecular flexibility index (Phi) is 5.02. The summed E-state index contributed by atoms with van der Waals surface area (Å²) in [6.45, 7) is 3.67. The molecule has 0 spiro atoms. The number of amides is 1. The van der Waals surface area contributed by atoms with Crippen molar-refractivity contribution < 1.29 is 4.79 Å². The maximum Gasteiger partial charge on any atom is 0.293 e. The van der Waals surface area contributed by atoms with Crippen LogP contribution in [0.25, 0.3) is 16.8 Å². The molecule has 0 aliphatic carbocycles. The van der Waals surface area contributed by atoms with Crippen LogP contribution in [0.2, 0.25) is 0 Å². The third-order valence-corrected chi connectivity index (χ3v) is 5.20. The SMILES string of the molecule is Cc1cccc(C)c1NC(=O)Cn1ncn2nc(-c3ccc(Br)cc3)cc2c1=O. The Morgan fingerprint density at radius 2 is 1.79 bits per heavy atom. The Labute approximate surface area is 175 Å². The standard InChI is InChI=1S/C21H18BrN5O2/c1-13-4-3-5-14(2)20(13)24-19(28)11-26-21(29)18-10-17(25-27(18)12-23-26)15-6-8-16(22)9-7-15/h3-10,12H,11H2,1-2H3,(H,24,28). The number of anilines is 1. The van der Waals surface area contributed by atoms with Crippen molar-refractivity contribution >= 4 is 33.0 Å². The summed E-state index contributed by atoms with van der Waals surface area (Å²) < 4.78 is 3.54. The molecular weight excluding hydrogens is 434 g/mol. The smallest absolute Gasteiger partial charge is 0.293 e. The molecule has 0 aliphatic rings. The molecule has 4 rings (SSSR count). The fourth-order valence-corrected chi connectivity index (χ4v) is 3.40. The Balaban J connectivity index is 1.61. The van der Waals surface area contributed by atoms with Crippen molar-refractivity contribution in [2.75, 3.05) is 5.32 Å². The fraction of sp³-hybridized carbons (Fsp3) is 0.143. The van der Waals surface area contributed by atoms with Crippen LogP contribution in [0.15, 0.2) is 64.1 Å². The lowest BCUT2D eigenvalue weighted by Gasteiger charge is -2.11. The van der Waals surface area contributed by atoms with Gasteiger partial charge in [-0.3, -0.25) is 9.59 Å². The van der Waals surface area contributed by atoms with Gasteiger partial charge in [0.1, 0.15) is 18.4 Å². The van der Waals surface area contributed by atoms with E-state index < -0.39 is 0 Å². The lowest BCUT2D eigenvalue weighted by molar-refractivity contribution is -0.117. The largest absolute Gasteiger partial charge is 0.324 e. The number of para-hydroxylation sites is 1. The topological polar surface area (TPSA) is 81.3 Å². The average molecular weight is 452 g/mol. The predicted molar refractivity (Wildman–Crippen MR) is 115 cm³/mol. The monoisotopic (exact) mass is 451 g/mol. The Morgan fingerprint density at radius 3 is 2.48 bits per heavy atom. The number of hydrogen-bond acceptors (Lipinski definition) is 4. The van der Waals surface area contributed by atoms with Crippen molar-refractivity contribution in [3.05, 3.63) is 80.8 Å². The van der Waals surface area contributed by atoms with Crippen molar-refractivity contribution in [2.24, 2.45) is 0 Å². The van der Waals surface area contributed by atoms with Crippen LogP contribution < -0.4 is 10.9 Å². The number of rotatable bonds is 4. The minimum Gasteiger partial charge on any atom is -0.324 e. The number of aromatic nitrogens is 4. The molecule has 0 aliphatic heterocycles. The van der Waals surface area contributed by atoms with Crippen molar-refractivity contribution in [1.82, 2.24) is 19.4 Å². The second-order valence-electron chi connectivity index (χ2n) is 6.78. The van der Waals surface area contributed by atoms with E-state index in [1.807, 2.05) is 56.3 Å². The summed E-state index contributed by atoms with van der Waals surface area (Å²) in [4.78, 5) is 25.3. The number of carbonyl (C=O) groups excluding carboxylic acids is 1. The van der Waals surface area contributed by atoms with Gasteiger partial charge in [0.15, 0.2) is 0 Å². The molecule has 0 fully saturated rings. The molecule has 0 saturated carbocycles. The van der Waals surface area contributed by atoms with Crippen LogP contribution in [0.4, 0.5) is 5.69 Å². The lowest BCUT2D eigenvalue weighted by atomic mass is 10.1. The highest BCUT2D eigenvalue weighted by Crippen LogP contribution is 2.21. The van der Waals surface area contributed by atoms with E-state index >= 15 is 0 Å². The molecule has 1 N–H and O–H groups in total. The summed E-state index contributed by atoms with van der Waals surface area (Å²) in [5, 5.41) is 11.4. The Hall–Kier alpha value is -3.26. The molecule has 2 aromatic heterocycles. The van der Waals surface area contributed by atoms with Gasteiger partial charge in [-0.05, 0) is 43.2 Å². The highest BCUT2D eigenvalue weighted by atomic mass is 79.9. The molecule has 0 saturated heterocycles. The third-order valence-electron chi connectivity index (χ3n) is 4.67. The van der Waals surface area contributed by atoms with Gasteiger partial charge in [0.2, 0.25) is 5.91 Å². The van der Waals surface area contributed by atoms with E-state index in [9.17, 15) is 9.59 Å². The molecule has 4 aromatic rings. The van der Waals surface area contributed by atoms with E-state index in [1.165, 1.54) is 10.8 Å². The molecule has 8 heteroatoms. The number of carbonyl (C=O) groups is 1. The number of fused-ring (bicyclic) bond motifs is 1. The molecule has 0 unspecified atom stereocenters. The zero-order valence-electron chi connectivity index (χ0n) is 15.9. The maximum atomic E-state index is 12.8. The first-order valence-electron chi connectivity index (χ1n) is 9.00. The van der Waals surface area contributed by atoms with Gasteiger partial charge in [0.25, 0.3) is 5.56 Å².